The van der Waals surface area contributed by atoms with Crippen LogP contribution in [0.2, 0.25) is 0 Å². The third-order valence-electron chi connectivity index (χ3n) is 2.92. The van der Waals surface area contributed by atoms with Gasteiger partial charge in [0.1, 0.15) is 5.56 Å². The van der Waals surface area contributed by atoms with Crippen molar-refractivity contribution in [3.8, 4) is 0 Å². The van der Waals surface area contributed by atoms with E-state index in [4.69, 9.17) is 5.11 Å². The Kier molecular flexibility index (Phi) is 6.07. The smallest absolute Gasteiger partial charge is 0.259 e. The van der Waals surface area contributed by atoms with Crippen LogP contribution in [-0.4, -0.2) is 36.1 Å². The summed E-state index contributed by atoms with van der Waals surface area (Å²) in [7, 11) is 1.19. The van der Waals surface area contributed by atoms with Crippen molar-refractivity contribution in [1.82, 2.24) is 4.90 Å². The zero-order valence-corrected chi connectivity index (χ0v) is 11.2. The molecule has 1 aromatic rings. The van der Waals surface area contributed by atoms with E-state index in [0.717, 1.165) is 4.90 Å². The summed E-state index contributed by atoms with van der Waals surface area (Å²) >= 11 is 0. The normalized spacial score (nSPS) is 10.8. The van der Waals surface area contributed by atoms with Crippen molar-refractivity contribution in [2.75, 3.05) is 20.2 Å². The van der Waals surface area contributed by atoms with E-state index in [-0.39, 0.29) is 13.2 Å². The maximum atomic E-state index is 13.5. The van der Waals surface area contributed by atoms with Crippen LogP contribution >= 0.6 is 0 Å². The lowest BCUT2D eigenvalue weighted by Gasteiger charge is -2.18. The maximum absolute atomic E-state index is 13.5. The second kappa shape index (κ2) is 7.35. The molecule has 0 saturated heterocycles. The number of amides is 1. The zero-order chi connectivity index (χ0) is 16.2. The fraction of sp³-hybridized carbons (Fsp3) is 0.462. The van der Waals surface area contributed by atoms with Gasteiger partial charge < -0.3 is 10.0 Å². The molecular weight excluding hydrogens is 297 g/mol. The fourth-order valence-corrected chi connectivity index (χ4v) is 1.72. The Morgan fingerprint density at radius 2 is 1.38 bits per heavy atom. The topological polar surface area (TPSA) is 40.5 Å². The molecule has 0 aliphatic rings. The van der Waals surface area contributed by atoms with Gasteiger partial charge in [0.05, 0.1) is 0 Å². The van der Waals surface area contributed by atoms with Crippen molar-refractivity contribution < 1.29 is 31.9 Å². The number of hydrogen-bond donors (Lipinski definition) is 1. The summed E-state index contributed by atoms with van der Waals surface area (Å²) in [5, 5.41) is 8.58. The van der Waals surface area contributed by atoms with Crippen molar-refractivity contribution in [1.29, 1.82) is 0 Å². The van der Waals surface area contributed by atoms with Crippen molar-refractivity contribution in [2.45, 2.75) is 19.3 Å². The van der Waals surface area contributed by atoms with Crippen LogP contribution in [-0.2, 0) is 0 Å². The highest BCUT2D eigenvalue weighted by atomic mass is 19.2. The summed E-state index contributed by atoms with van der Waals surface area (Å²) < 4.78 is 65.8. The molecule has 1 amide bonds. The van der Waals surface area contributed by atoms with Gasteiger partial charge in [0.15, 0.2) is 23.3 Å². The van der Waals surface area contributed by atoms with Crippen LogP contribution in [0, 0.1) is 29.1 Å². The maximum Gasteiger partial charge on any atom is 0.259 e. The second-order valence-corrected chi connectivity index (χ2v) is 4.46. The lowest BCUT2D eigenvalue weighted by atomic mass is 10.1. The first kappa shape index (κ1) is 17.4. The van der Waals surface area contributed by atoms with Gasteiger partial charge in [-0.2, -0.15) is 0 Å². The molecule has 3 nitrogen and oxygen atoms in total. The summed E-state index contributed by atoms with van der Waals surface area (Å²) in [6.45, 7) is 0.0353. The monoisotopic (exact) mass is 311 g/mol. The quantitative estimate of drug-likeness (QED) is 0.380. The van der Waals surface area contributed by atoms with Gasteiger partial charge in [0, 0.05) is 20.2 Å². The highest BCUT2D eigenvalue weighted by molar-refractivity contribution is 5.94. The van der Waals surface area contributed by atoms with Crippen molar-refractivity contribution in [3.05, 3.63) is 34.6 Å². The molecule has 0 bridgehead atoms. The van der Waals surface area contributed by atoms with Gasteiger partial charge in [-0.25, -0.2) is 22.0 Å². The zero-order valence-electron chi connectivity index (χ0n) is 11.2. The average Bonchev–Trinajstić information content (AvgIpc) is 2.47. The lowest BCUT2D eigenvalue weighted by Crippen LogP contribution is -2.30. The number of unbranched alkanes of at least 4 members (excludes halogenated alkanes) is 2. The Balaban J connectivity index is 2.97. The van der Waals surface area contributed by atoms with Crippen molar-refractivity contribution in [2.24, 2.45) is 0 Å². The number of carbonyl (C=O) groups excluding carboxylic acids is 1. The minimum Gasteiger partial charge on any atom is -0.396 e. The number of hydrogen-bond acceptors (Lipinski definition) is 2. The Morgan fingerprint density at radius 3 is 1.86 bits per heavy atom. The predicted octanol–water partition coefficient (Wildman–Crippen LogP) is 2.62. The molecule has 0 aromatic heterocycles. The van der Waals surface area contributed by atoms with E-state index < -0.39 is 40.6 Å². The van der Waals surface area contributed by atoms with Crippen LogP contribution in [0.1, 0.15) is 29.6 Å². The number of carbonyl (C=O) groups is 1. The van der Waals surface area contributed by atoms with Crippen LogP contribution in [0.4, 0.5) is 22.0 Å². The van der Waals surface area contributed by atoms with Crippen LogP contribution in [0.5, 0.6) is 0 Å². The van der Waals surface area contributed by atoms with Gasteiger partial charge in [-0.3, -0.25) is 4.79 Å². The van der Waals surface area contributed by atoms with Crippen LogP contribution in [0.25, 0.3) is 0 Å². The SMILES string of the molecule is CN(CCCCCO)C(=O)c1c(F)c(F)c(F)c(F)c1F. The second-order valence-electron chi connectivity index (χ2n) is 4.46. The Labute approximate surface area is 118 Å². The number of aliphatic hydroxyl groups excluding tert-OH is 1. The van der Waals surface area contributed by atoms with Gasteiger partial charge in [0.25, 0.3) is 5.91 Å². The average molecular weight is 311 g/mol. The van der Waals surface area contributed by atoms with Gasteiger partial charge in [-0.15, -0.1) is 0 Å². The molecule has 118 valence electrons. The molecule has 0 radical (unpaired) electrons. The van der Waals surface area contributed by atoms with E-state index >= 15 is 0 Å². The predicted molar refractivity (Wildman–Crippen MR) is 64.1 cm³/mol. The first-order valence-corrected chi connectivity index (χ1v) is 6.20. The molecule has 0 aliphatic carbocycles. The van der Waals surface area contributed by atoms with E-state index in [2.05, 4.69) is 0 Å². The van der Waals surface area contributed by atoms with Crippen LogP contribution < -0.4 is 0 Å². The molecule has 1 rings (SSSR count). The lowest BCUT2D eigenvalue weighted by molar-refractivity contribution is 0.0779. The van der Waals surface area contributed by atoms with Crippen LogP contribution in [0.3, 0.4) is 0 Å². The van der Waals surface area contributed by atoms with Gasteiger partial charge >= 0.3 is 0 Å². The molecule has 1 N–H and O–H groups in total. The third kappa shape index (κ3) is 3.69. The summed E-state index contributed by atoms with van der Waals surface area (Å²) in [6.07, 6.45) is 1.48. The van der Waals surface area contributed by atoms with E-state index in [1.54, 1.807) is 0 Å². The molecular formula is C13H14F5NO2. The molecule has 0 aliphatic heterocycles. The van der Waals surface area contributed by atoms with Crippen molar-refractivity contribution >= 4 is 5.91 Å². The Hall–Kier alpha value is -1.70. The molecule has 0 saturated carbocycles. The Morgan fingerprint density at radius 1 is 0.905 bits per heavy atom. The third-order valence-corrected chi connectivity index (χ3v) is 2.92. The largest absolute Gasteiger partial charge is 0.396 e. The van der Waals surface area contributed by atoms with E-state index in [1.165, 1.54) is 7.05 Å². The summed E-state index contributed by atoms with van der Waals surface area (Å²) in [5.41, 5.74) is -1.46. The molecule has 0 unspecified atom stereocenters. The summed E-state index contributed by atoms with van der Waals surface area (Å²) in [5.74, 6) is -12.2. The van der Waals surface area contributed by atoms with E-state index in [0.29, 0.717) is 19.3 Å². The molecule has 0 fully saturated rings. The molecule has 0 spiro atoms. The van der Waals surface area contributed by atoms with Gasteiger partial charge in [0.2, 0.25) is 5.82 Å². The fourth-order valence-electron chi connectivity index (χ4n) is 1.72. The van der Waals surface area contributed by atoms with Gasteiger partial charge in [-0.1, -0.05) is 0 Å². The Bertz CT molecular complexity index is 507. The van der Waals surface area contributed by atoms with Crippen LogP contribution in [0.15, 0.2) is 0 Å². The van der Waals surface area contributed by atoms with Gasteiger partial charge in [-0.05, 0) is 19.3 Å². The summed E-state index contributed by atoms with van der Waals surface area (Å²) in [6, 6.07) is 0. The minimum atomic E-state index is -2.30. The first-order chi connectivity index (χ1) is 9.82. The molecule has 8 heteroatoms. The number of halogens is 5. The number of rotatable bonds is 6. The molecule has 0 atom stereocenters. The molecule has 1 aromatic carbocycles. The van der Waals surface area contributed by atoms with E-state index in [9.17, 15) is 26.7 Å². The first-order valence-electron chi connectivity index (χ1n) is 6.20. The highest BCUT2D eigenvalue weighted by Crippen LogP contribution is 2.24. The highest BCUT2D eigenvalue weighted by Gasteiger charge is 2.30. The summed E-state index contributed by atoms with van der Waals surface area (Å²) in [4.78, 5) is 12.7. The number of aliphatic hydroxyl groups is 1. The molecule has 21 heavy (non-hydrogen) atoms. The van der Waals surface area contributed by atoms with E-state index in [1.807, 2.05) is 0 Å². The number of nitrogens with zero attached hydrogens (tertiary/aromatic N) is 1. The number of benzene rings is 1. The standard InChI is InChI=1S/C13H14F5NO2/c1-19(5-3-2-4-6-20)13(21)7-8(14)10(16)12(18)11(17)9(7)15/h20H,2-6H2,1H3. The molecule has 0 heterocycles. The minimum absolute atomic E-state index is 0.0324. The van der Waals surface area contributed by atoms with Crippen molar-refractivity contribution in [3.63, 3.8) is 0 Å².